The Kier molecular flexibility index (Phi) is 13.9. The van der Waals surface area contributed by atoms with Gasteiger partial charge in [0.25, 0.3) is 0 Å². The minimum Gasteiger partial charge on any atom is -0.661 e. The molecular formula is C56H55IrN4SSi. The summed E-state index contributed by atoms with van der Waals surface area (Å²) in [5, 5.41) is 18.3. The SMILES string of the molecule is CC(C)Cc1cc(-c2[c-]cc(C#N)cc2)ncc1[Si](C)(C)C.CC(C)c1cc(-c2ccccc2)cc(C(C)C)c1N1c2ccccc2[N-]C1c1[c-]ccc2c1sc1ccccc12.[Ir+3]. The van der Waals surface area contributed by atoms with Gasteiger partial charge in [0.15, 0.2) is 0 Å². The molecule has 0 fully saturated rings. The molecule has 6 aromatic carbocycles. The van der Waals surface area contributed by atoms with Crippen LogP contribution in [0.2, 0.25) is 19.6 Å². The average molecular weight is 1040 g/mol. The second-order valence-corrected chi connectivity index (χ2v) is 24.5. The van der Waals surface area contributed by atoms with Crippen LogP contribution in [0.4, 0.5) is 17.1 Å². The minimum absolute atomic E-state index is 0. The number of anilines is 2. The zero-order valence-electron chi connectivity index (χ0n) is 37.7. The second-order valence-electron chi connectivity index (χ2n) is 18.5. The standard InChI is InChI=1S/C37H32N2S.C19H23N2Si.Ir/c1-23(2)30-21-26(25-13-6-5-7-14-25)22-31(24(3)4)35(30)39-33-19-10-9-18-32(33)38-37(39)29-17-12-16-28-27-15-8-11-20-34(27)40-36(28)29;1-14(2)10-17-11-18(21-13-19(17)22(3,4)5)16-8-6-15(12-20)7-9-16;/h5-16,18-24,37H,1-4H3;6-8,11,13-14H,10H2,1-5H3;/q-2;-1;+3. The van der Waals surface area contributed by atoms with Crippen molar-refractivity contribution < 1.29 is 20.1 Å². The van der Waals surface area contributed by atoms with Gasteiger partial charge < -0.3 is 15.2 Å². The van der Waals surface area contributed by atoms with Crippen LogP contribution in [0, 0.1) is 29.4 Å². The number of pyridine rings is 1. The molecule has 3 heterocycles. The monoisotopic (exact) mass is 1040 g/mol. The van der Waals surface area contributed by atoms with Crippen molar-refractivity contribution in [3.05, 3.63) is 179 Å². The van der Waals surface area contributed by atoms with E-state index in [9.17, 15) is 0 Å². The number of fused-ring (bicyclic) bond motifs is 4. The average Bonchev–Trinajstić information content (AvgIpc) is 3.85. The summed E-state index contributed by atoms with van der Waals surface area (Å²) in [6, 6.07) is 53.8. The summed E-state index contributed by atoms with van der Waals surface area (Å²) in [5.41, 5.74) is 13.8. The number of rotatable bonds is 9. The van der Waals surface area contributed by atoms with Gasteiger partial charge in [0.05, 0.1) is 8.07 Å². The molecule has 4 nitrogen and oxygen atoms in total. The molecule has 0 N–H and O–H groups in total. The van der Waals surface area contributed by atoms with Gasteiger partial charge in [-0.25, -0.2) is 16.6 Å². The smallest absolute Gasteiger partial charge is 0.661 e. The number of aromatic nitrogens is 1. The topological polar surface area (TPSA) is 54.0 Å². The van der Waals surface area contributed by atoms with E-state index in [1.807, 2.05) is 23.5 Å². The summed E-state index contributed by atoms with van der Waals surface area (Å²) in [4.78, 5) is 7.16. The molecule has 0 amide bonds. The molecule has 0 radical (unpaired) electrons. The second kappa shape index (κ2) is 19.2. The Balaban J connectivity index is 0.000000221. The van der Waals surface area contributed by atoms with Crippen molar-refractivity contribution in [1.29, 1.82) is 5.26 Å². The van der Waals surface area contributed by atoms with Gasteiger partial charge in [0, 0.05) is 28.3 Å². The van der Waals surface area contributed by atoms with Crippen molar-refractivity contribution in [2.24, 2.45) is 5.92 Å². The Morgan fingerprint density at radius 3 is 2.11 bits per heavy atom. The Morgan fingerprint density at radius 1 is 0.778 bits per heavy atom. The molecule has 318 valence electrons. The Labute approximate surface area is 393 Å². The van der Waals surface area contributed by atoms with E-state index < -0.39 is 8.07 Å². The molecule has 63 heavy (non-hydrogen) atoms. The molecule has 0 bridgehead atoms. The van der Waals surface area contributed by atoms with E-state index in [0.29, 0.717) is 23.3 Å². The van der Waals surface area contributed by atoms with Crippen LogP contribution >= 0.6 is 11.3 Å². The third kappa shape index (κ3) is 9.47. The van der Waals surface area contributed by atoms with Crippen molar-refractivity contribution in [2.45, 2.75) is 85.6 Å². The van der Waals surface area contributed by atoms with Gasteiger partial charge in [-0.2, -0.15) is 18.2 Å². The van der Waals surface area contributed by atoms with Gasteiger partial charge in [0.1, 0.15) is 0 Å². The number of hydrogen-bond donors (Lipinski definition) is 0. The quantitative estimate of drug-likeness (QED) is 0.107. The van der Waals surface area contributed by atoms with Crippen LogP contribution in [0.3, 0.4) is 0 Å². The number of thiophene rings is 1. The summed E-state index contributed by atoms with van der Waals surface area (Å²) < 4.78 is 2.58. The van der Waals surface area contributed by atoms with Crippen LogP contribution in [0.1, 0.15) is 87.4 Å². The molecular weight excluding hydrogens is 981 g/mol. The van der Waals surface area contributed by atoms with E-state index in [1.54, 1.807) is 6.07 Å². The molecule has 8 aromatic rings. The molecule has 2 aromatic heterocycles. The van der Waals surface area contributed by atoms with Gasteiger partial charge in [-0.3, -0.25) is 0 Å². The first kappa shape index (κ1) is 45.7. The van der Waals surface area contributed by atoms with Crippen LogP contribution in [-0.4, -0.2) is 13.1 Å². The minimum atomic E-state index is -1.40. The summed E-state index contributed by atoms with van der Waals surface area (Å²) in [7, 11) is -1.40. The molecule has 1 atom stereocenters. The molecule has 1 aliphatic rings. The van der Waals surface area contributed by atoms with E-state index in [-0.39, 0.29) is 26.3 Å². The maximum atomic E-state index is 8.89. The normalized spacial score (nSPS) is 13.4. The summed E-state index contributed by atoms with van der Waals surface area (Å²) in [6.45, 7) is 20.8. The van der Waals surface area contributed by atoms with Gasteiger partial charge >= 0.3 is 20.1 Å². The molecule has 0 spiro atoms. The van der Waals surface area contributed by atoms with E-state index >= 15 is 0 Å². The maximum absolute atomic E-state index is 8.89. The number of hydrogen-bond acceptors (Lipinski definition) is 4. The first-order valence-corrected chi connectivity index (χ1v) is 26.2. The molecule has 0 saturated heterocycles. The van der Waals surface area contributed by atoms with Crippen LogP contribution in [-0.2, 0) is 26.5 Å². The number of benzene rings is 6. The summed E-state index contributed by atoms with van der Waals surface area (Å²) in [6.07, 6.45) is 2.95. The number of nitriles is 1. The largest absolute Gasteiger partial charge is 3.00 e. The van der Waals surface area contributed by atoms with E-state index in [4.69, 9.17) is 10.6 Å². The molecule has 0 aliphatic carbocycles. The van der Waals surface area contributed by atoms with Gasteiger partial charge in [-0.1, -0.05) is 144 Å². The van der Waals surface area contributed by atoms with Crippen molar-refractivity contribution in [1.82, 2.24) is 4.98 Å². The fourth-order valence-electron chi connectivity index (χ4n) is 8.66. The predicted octanol–water partition coefficient (Wildman–Crippen LogP) is 15.8. The number of nitrogens with zero attached hydrogens (tertiary/aromatic N) is 4. The first-order valence-electron chi connectivity index (χ1n) is 21.9. The van der Waals surface area contributed by atoms with Crippen LogP contribution in [0.25, 0.3) is 47.9 Å². The third-order valence-electron chi connectivity index (χ3n) is 11.7. The Morgan fingerprint density at radius 2 is 1.46 bits per heavy atom. The molecule has 1 unspecified atom stereocenters. The third-order valence-corrected chi connectivity index (χ3v) is 15.0. The van der Waals surface area contributed by atoms with E-state index in [1.165, 1.54) is 58.9 Å². The van der Waals surface area contributed by atoms with Crippen molar-refractivity contribution >= 4 is 61.8 Å². The van der Waals surface area contributed by atoms with Crippen LogP contribution in [0.5, 0.6) is 0 Å². The molecule has 9 rings (SSSR count). The predicted molar refractivity (Wildman–Crippen MR) is 267 cm³/mol. The van der Waals surface area contributed by atoms with Crippen molar-refractivity contribution in [3.63, 3.8) is 0 Å². The zero-order chi connectivity index (χ0) is 43.7. The van der Waals surface area contributed by atoms with Crippen LogP contribution < -0.4 is 10.1 Å². The maximum Gasteiger partial charge on any atom is 3.00 e. The Bertz CT molecular complexity index is 2880. The fraction of sp³-hybridized carbons (Fsp3) is 0.250. The fourth-order valence-corrected chi connectivity index (χ4v) is 11.5. The molecule has 0 saturated carbocycles. The van der Waals surface area contributed by atoms with E-state index in [2.05, 4.69) is 205 Å². The van der Waals surface area contributed by atoms with Crippen LogP contribution in [0.15, 0.2) is 134 Å². The summed E-state index contributed by atoms with van der Waals surface area (Å²) in [5.74, 6) is 1.30. The van der Waals surface area contributed by atoms with Crippen molar-refractivity contribution in [3.8, 4) is 28.5 Å². The van der Waals surface area contributed by atoms with Gasteiger partial charge in [0.2, 0.25) is 0 Å². The first-order chi connectivity index (χ1) is 29.8. The molecule has 1 aliphatic heterocycles. The van der Waals surface area contributed by atoms with Gasteiger partial charge in [-0.15, -0.1) is 46.5 Å². The Hall–Kier alpha value is -5.35. The van der Waals surface area contributed by atoms with Crippen molar-refractivity contribution in [2.75, 3.05) is 4.90 Å². The summed E-state index contributed by atoms with van der Waals surface area (Å²) >= 11 is 1.85. The zero-order valence-corrected chi connectivity index (χ0v) is 42.0. The van der Waals surface area contributed by atoms with Gasteiger partial charge in [-0.05, 0) is 98.7 Å². The van der Waals surface area contributed by atoms with E-state index in [0.717, 1.165) is 34.6 Å². The molecule has 7 heteroatoms. The number of para-hydroxylation sites is 2.